The number of aryl methyl sites for hydroxylation is 1. The second kappa shape index (κ2) is 2.54. The first-order valence-electron chi connectivity index (χ1n) is 2.51. The van der Waals surface area contributed by atoms with E-state index >= 15 is 0 Å². The maximum absolute atomic E-state index is 5.53. The van der Waals surface area contributed by atoms with Gasteiger partial charge in [0.2, 0.25) is 0 Å². The van der Waals surface area contributed by atoms with E-state index in [1.165, 1.54) is 11.3 Å². The Hall–Kier alpha value is -0.280. The van der Waals surface area contributed by atoms with Gasteiger partial charge in [-0.05, 0) is 6.92 Å². The standard InChI is InChI=1S/C5H7ClN2S/c1-3-4(2-6)8-5(7)9-3/h2H2,1H3,(H2,7,8). The van der Waals surface area contributed by atoms with Crippen LogP contribution < -0.4 is 5.73 Å². The number of nitrogens with two attached hydrogens (primary N) is 1. The highest BCUT2D eigenvalue weighted by molar-refractivity contribution is 7.15. The van der Waals surface area contributed by atoms with Crippen molar-refractivity contribution in [1.82, 2.24) is 4.98 Å². The van der Waals surface area contributed by atoms with Crippen LogP contribution >= 0.6 is 22.9 Å². The van der Waals surface area contributed by atoms with Crippen molar-refractivity contribution >= 4 is 28.1 Å². The van der Waals surface area contributed by atoms with E-state index in [0.29, 0.717) is 11.0 Å². The van der Waals surface area contributed by atoms with E-state index in [1.54, 1.807) is 0 Å². The minimum Gasteiger partial charge on any atom is -0.375 e. The van der Waals surface area contributed by atoms with Gasteiger partial charge in [-0.3, -0.25) is 0 Å². The summed E-state index contributed by atoms with van der Waals surface area (Å²) in [5.41, 5.74) is 6.31. The van der Waals surface area contributed by atoms with E-state index in [-0.39, 0.29) is 0 Å². The zero-order valence-electron chi connectivity index (χ0n) is 5.02. The van der Waals surface area contributed by atoms with Gasteiger partial charge in [0, 0.05) is 4.88 Å². The number of anilines is 1. The summed E-state index contributed by atoms with van der Waals surface area (Å²) in [5, 5.41) is 0.600. The highest BCUT2D eigenvalue weighted by Gasteiger charge is 2.01. The number of hydrogen-bond donors (Lipinski definition) is 1. The average molecular weight is 163 g/mol. The van der Waals surface area contributed by atoms with Gasteiger partial charge < -0.3 is 5.73 Å². The summed E-state index contributed by atoms with van der Waals surface area (Å²) in [5.74, 6) is 0.458. The third kappa shape index (κ3) is 1.34. The summed E-state index contributed by atoms with van der Waals surface area (Å²) in [6, 6.07) is 0. The molecule has 0 aliphatic rings. The molecule has 1 heterocycles. The van der Waals surface area contributed by atoms with Crippen LogP contribution in [-0.4, -0.2) is 4.98 Å². The van der Waals surface area contributed by atoms with Crippen molar-refractivity contribution < 1.29 is 0 Å². The maximum Gasteiger partial charge on any atom is 0.180 e. The van der Waals surface area contributed by atoms with Crippen molar-refractivity contribution in [2.75, 3.05) is 5.73 Å². The molecular weight excluding hydrogens is 156 g/mol. The predicted octanol–water partition coefficient (Wildman–Crippen LogP) is 1.77. The van der Waals surface area contributed by atoms with Gasteiger partial charge in [-0.2, -0.15) is 0 Å². The second-order valence-electron chi connectivity index (χ2n) is 1.69. The van der Waals surface area contributed by atoms with E-state index < -0.39 is 0 Å². The van der Waals surface area contributed by atoms with Gasteiger partial charge in [0.1, 0.15) is 0 Å². The Morgan fingerprint density at radius 3 is 2.67 bits per heavy atom. The molecule has 1 aromatic rings. The zero-order valence-corrected chi connectivity index (χ0v) is 6.59. The monoisotopic (exact) mass is 162 g/mol. The summed E-state index contributed by atoms with van der Waals surface area (Å²) < 4.78 is 0. The number of nitrogens with zero attached hydrogens (tertiary/aromatic N) is 1. The van der Waals surface area contributed by atoms with E-state index in [0.717, 1.165) is 10.6 Å². The topological polar surface area (TPSA) is 38.9 Å². The molecule has 0 aromatic carbocycles. The summed E-state index contributed by atoms with van der Waals surface area (Å²) in [6.45, 7) is 1.96. The van der Waals surface area contributed by atoms with Crippen LogP contribution in [0.4, 0.5) is 5.13 Å². The number of hydrogen-bond acceptors (Lipinski definition) is 3. The molecule has 0 radical (unpaired) electrons. The van der Waals surface area contributed by atoms with Gasteiger partial charge in [0.25, 0.3) is 0 Å². The molecule has 2 nitrogen and oxygen atoms in total. The highest BCUT2D eigenvalue weighted by atomic mass is 35.5. The van der Waals surface area contributed by atoms with E-state index in [1.807, 2.05) is 6.92 Å². The smallest absolute Gasteiger partial charge is 0.180 e. The Balaban J connectivity index is 3.01. The second-order valence-corrected chi connectivity index (χ2v) is 3.19. The number of halogens is 1. The molecular formula is C5H7ClN2S. The van der Waals surface area contributed by atoms with Gasteiger partial charge in [0.15, 0.2) is 5.13 Å². The summed E-state index contributed by atoms with van der Waals surface area (Å²) in [7, 11) is 0. The molecule has 1 rings (SSSR count). The summed E-state index contributed by atoms with van der Waals surface area (Å²) >= 11 is 7.01. The lowest BCUT2D eigenvalue weighted by molar-refractivity contribution is 1.20. The Labute approximate surface area is 62.7 Å². The average Bonchev–Trinajstić information content (AvgIpc) is 2.10. The lowest BCUT2D eigenvalue weighted by atomic mass is 10.4. The third-order valence-electron chi connectivity index (χ3n) is 1.04. The minimum atomic E-state index is 0.458. The largest absolute Gasteiger partial charge is 0.375 e. The number of alkyl halides is 1. The first-order chi connectivity index (χ1) is 4.24. The molecule has 9 heavy (non-hydrogen) atoms. The quantitative estimate of drug-likeness (QED) is 0.640. The Bertz CT molecular complexity index is 209. The van der Waals surface area contributed by atoms with Gasteiger partial charge in [0.05, 0.1) is 11.6 Å². The first-order valence-corrected chi connectivity index (χ1v) is 3.87. The fourth-order valence-corrected chi connectivity index (χ4v) is 1.62. The molecule has 0 saturated carbocycles. The van der Waals surface area contributed by atoms with Crippen LogP contribution in [-0.2, 0) is 5.88 Å². The molecule has 0 atom stereocenters. The molecule has 0 spiro atoms. The maximum atomic E-state index is 5.53. The third-order valence-corrected chi connectivity index (χ3v) is 2.13. The number of aromatic nitrogens is 1. The van der Waals surface area contributed by atoms with Crippen molar-refractivity contribution in [2.45, 2.75) is 12.8 Å². The van der Waals surface area contributed by atoms with Crippen LogP contribution in [0.2, 0.25) is 0 Å². The number of rotatable bonds is 1. The molecule has 0 aliphatic heterocycles. The zero-order chi connectivity index (χ0) is 6.85. The number of thiazole rings is 1. The predicted molar refractivity (Wildman–Crippen MR) is 40.8 cm³/mol. The fourth-order valence-electron chi connectivity index (χ4n) is 0.574. The molecule has 0 bridgehead atoms. The van der Waals surface area contributed by atoms with Crippen molar-refractivity contribution in [1.29, 1.82) is 0 Å². The first kappa shape index (κ1) is 6.83. The Morgan fingerprint density at radius 2 is 2.44 bits per heavy atom. The normalized spacial score (nSPS) is 10.0. The van der Waals surface area contributed by atoms with E-state index in [4.69, 9.17) is 17.3 Å². The molecule has 0 saturated heterocycles. The van der Waals surface area contributed by atoms with Crippen LogP contribution in [0.3, 0.4) is 0 Å². The molecule has 0 aliphatic carbocycles. The van der Waals surface area contributed by atoms with Crippen LogP contribution in [0.25, 0.3) is 0 Å². The van der Waals surface area contributed by atoms with Crippen LogP contribution in [0.15, 0.2) is 0 Å². The van der Waals surface area contributed by atoms with Crippen molar-refractivity contribution in [2.24, 2.45) is 0 Å². The van der Waals surface area contributed by atoms with Crippen LogP contribution in [0, 0.1) is 6.92 Å². The van der Waals surface area contributed by atoms with Gasteiger partial charge in [-0.15, -0.1) is 22.9 Å². The van der Waals surface area contributed by atoms with Gasteiger partial charge in [-0.1, -0.05) is 0 Å². The Kier molecular flexibility index (Phi) is 1.93. The van der Waals surface area contributed by atoms with Crippen molar-refractivity contribution in [3.8, 4) is 0 Å². The SMILES string of the molecule is Cc1sc(N)nc1CCl. The molecule has 50 valence electrons. The summed E-state index contributed by atoms with van der Waals surface area (Å²) in [6.07, 6.45) is 0. The van der Waals surface area contributed by atoms with Gasteiger partial charge >= 0.3 is 0 Å². The number of nitrogen functional groups attached to an aromatic ring is 1. The molecule has 1 aromatic heterocycles. The molecule has 0 fully saturated rings. The van der Waals surface area contributed by atoms with E-state index in [2.05, 4.69) is 4.98 Å². The van der Waals surface area contributed by atoms with Crippen molar-refractivity contribution in [3.63, 3.8) is 0 Å². The molecule has 0 amide bonds. The van der Waals surface area contributed by atoms with Crippen LogP contribution in [0.5, 0.6) is 0 Å². The summed E-state index contributed by atoms with van der Waals surface area (Å²) in [4.78, 5) is 5.11. The Morgan fingerprint density at radius 1 is 1.78 bits per heavy atom. The van der Waals surface area contributed by atoms with Gasteiger partial charge in [-0.25, -0.2) is 4.98 Å². The lowest BCUT2D eigenvalue weighted by Gasteiger charge is -1.83. The lowest BCUT2D eigenvalue weighted by Crippen LogP contribution is -1.83. The van der Waals surface area contributed by atoms with Crippen molar-refractivity contribution in [3.05, 3.63) is 10.6 Å². The van der Waals surface area contributed by atoms with E-state index in [9.17, 15) is 0 Å². The highest BCUT2D eigenvalue weighted by Crippen LogP contribution is 2.19. The van der Waals surface area contributed by atoms with Crippen LogP contribution in [0.1, 0.15) is 10.6 Å². The molecule has 0 unspecified atom stereocenters. The molecule has 4 heteroatoms. The fraction of sp³-hybridized carbons (Fsp3) is 0.400. The molecule has 2 N–H and O–H groups in total. The minimum absolute atomic E-state index is 0.458.